The Morgan fingerprint density at radius 1 is 1.39 bits per heavy atom. The number of rotatable bonds is 3. The van der Waals surface area contributed by atoms with E-state index in [1.54, 1.807) is 13.0 Å². The van der Waals surface area contributed by atoms with Gasteiger partial charge < -0.3 is 15.1 Å². The van der Waals surface area contributed by atoms with Gasteiger partial charge in [0.05, 0.1) is 6.10 Å². The topological polar surface area (TPSA) is 43.7 Å². The van der Waals surface area contributed by atoms with Crippen LogP contribution in [0, 0.1) is 0 Å². The van der Waals surface area contributed by atoms with E-state index >= 15 is 0 Å². The second-order valence-corrected chi connectivity index (χ2v) is 5.31. The Morgan fingerprint density at radius 2 is 2.11 bits per heavy atom. The van der Waals surface area contributed by atoms with E-state index in [0.29, 0.717) is 17.6 Å². The van der Waals surface area contributed by atoms with E-state index in [9.17, 15) is 10.2 Å². The summed E-state index contributed by atoms with van der Waals surface area (Å²) < 4.78 is 0. The van der Waals surface area contributed by atoms with Gasteiger partial charge in [0, 0.05) is 29.4 Å². The quantitative estimate of drug-likeness (QED) is 0.864. The van der Waals surface area contributed by atoms with Gasteiger partial charge in [0.2, 0.25) is 0 Å². The van der Waals surface area contributed by atoms with E-state index in [1.165, 1.54) is 12.8 Å². The van der Waals surface area contributed by atoms with Crippen LogP contribution in [0.3, 0.4) is 0 Å². The molecule has 0 aliphatic carbocycles. The largest absolute Gasteiger partial charge is 0.507 e. The van der Waals surface area contributed by atoms with Gasteiger partial charge in [-0.25, -0.2) is 0 Å². The zero-order chi connectivity index (χ0) is 13.3. The molecule has 0 spiro atoms. The Balaban J connectivity index is 2.31. The highest BCUT2D eigenvalue weighted by Crippen LogP contribution is 2.35. The van der Waals surface area contributed by atoms with Crippen LogP contribution in [0.2, 0.25) is 0 Å². The highest BCUT2D eigenvalue weighted by Gasteiger charge is 2.29. The molecule has 1 aromatic carbocycles. The van der Waals surface area contributed by atoms with Gasteiger partial charge >= 0.3 is 0 Å². The van der Waals surface area contributed by atoms with Gasteiger partial charge in [-0.2, -0.15) is 0 Å². The lowest BCUT2D eigenvalue weighted by Gasteiger charge is -2.30. The smallest absolute Gasteiger partial charge is 0.123 e. The Kier molecular flexibility index (Phi) is 3.81. The standard InChI is InChI=1S/C15H23NO2/c1-4-12-6-5-10(2)16(12)13-7-8-14(11(3)17)15(18)9-13/h7-12,17-18H,4-6H2,1-3H3. The first-order valence-corrected chi connectivity index (χ1v) is 6.84. The van der Waals surface area contributed by atoms with Gasteiger partial charge in [-0.3, -0.25) is 0 Å². The minimum absolute atomic E-state index is 0.191. The second kappa shape index (κ2) is 5.19. The summed E-state index contributed by atoms with van der Waals surface area (Å²) in [4.78, 5) is 2.39. The van der Waals surface area contributed by atoms with Crippen LogP contribution in [-0.4, -0.2) is 22.3 Å². The van der Waals surface area contributed by atoms with E-state index in [2.05, 4.69) is 18.7 Å². The molecular weight excluding hydrogens is 226 g/mol. The molecule has 0 bridgehead atoms. The van der Waals surface area contributed by atoms with Gasteiger partial charge in [-0.1, -0.05) is 13.0 Å². The van der Waals surface area contributed by atoms with Crippen LogP contribution in [0.5, 0.6) is 5.75 Å². The van der Waals surface area contributed by atoms with Crippen molar-refractivity contribution in [3.63, 3.8) is 0 Å². The Bertz CT molecular complexity index is 417. The lowest BCUT2D eigenvalue weighted by molar-refractivity contribution is 0.195. The molecule has 0 aromatic heterocycles. The number of anilines is 1. The first-order chi connectivity index (χ1) is 8.54. The average Bonchev–Trinajstić information content (AvgIpc) is 2.69. The molecule has 1 heterocycles. The molecule has 3 atom stereocenters. The van der Waals surface area contributed by atoms with E-state index in [0.717, 1.165) is 12.1 Å². The number of aliphatic hydroxyl groups is 1. The maximum absolute atomic E-state index is 9.98. The number of benzene rings is 1. The lowest BCUT2D eigenvalue weighted by atomic mass is 10.1. The van der Waals surface area contributed by atoms with Crippen molar-refractivity contribution in [2.45, 2.75) is 58.2 Å². The van der Waals surface area contributed by atoms with Gasteiger partial charge in [0.15, 0.2) is 0 Å². The van der Waals surface area contributed by atoms with Crippen LogP contribution in [0.1, 0.15) is 51.7 Å². The molecule has 100 valence electrons. The van der Waals surface area contributed by atoms with Gasteiger partial charge in [0.1, 0.15) is 5.75 Å². The van der Waals surface area contributed by atoms with E-state index in [-0.39, 0.29) is 5.75 Å². The summed E-state index contributed by atoms with van der Waals surface area (Å²) in [6.45, 7) is 6.11. The summed E-state index contributed by atoms with van der Waals surface area (Å²) in [5.41, 5.74) is 1.66. The zero-order valence-electron chi connectivity index (χ0n) is 11.4. The molecule has 1 aromatic rings. The van der Waals surface area contributed by atoms with Crippen LogP contribution in [0.25, 0.3) is 0 Å². The molecule has 1 fully saturated rings. The molecule has 3 nitrogen and oxygen atoms in total. The lowest BCUT2D eigenvalue weighted by Crippen LogP contribution is -2.34. The second-order valence-electron chi connectivity index (χ2n) is 5.31. The van der Waals surface area contributed by atoms with Crippen molar-refractivity contribution in [3.05, 3.63) is 23.8 Å². The monoisotopic (exact) mass is 249 g/mol. The molecule has 1 aliphatic heterocycles. The molecule has 0 saturated carbocycles. The van der Waals surface area contributed by atoms with Crippen molar-refractivity contribution < 1.29 is 10.2 Å². The molecule has 0 radical (unpaired) electrons. The maximum Gasteiger partial charge on any atom is 0.123 e. The van der Waals surface area contributed by atoms with E-state index < -0.39 is 6.10 Å². The summed E-state index contributed by atoms with van der Waals surface area (Å²) >= 11 is 0. The van der Waals surface area contributed by atoms with Crippen molar-refractivity contribution in [3.8, 4) is 5.75 Å². The molecule has 2 rings (SSSR count). The summed E-state index contributed by atoms with van der Waals surface area (Å²) in [6, 6.07) is 6.70. The van der Waals surface area contributed by atoms with Crippen molar-refractivity contribution in [1.29, 1.82) is 0 Å². The SMILES string of the molecule is CCC1CCC(C)N1c1ccc(C(C)O)c(O)c1. The summed E-state index contributed by atoms with van der Waals surface area (Å²) in [6.07, 6.45) is 2.93. The number of aromatic hydroxyl groups is 1. The van der Waals surface area contributed by atoms with Crippen LogP contribution in [-0.2, 0) is 0 Å². The summed E-state index contributed by atoms with van der Waals surface area (Å²) in [7, 11) is 0. The fourth-order valence-corrected chi connectivity index (χ4v) is 2.98. The number of hydrogen-bond acceptors (Lipinski definition) is 3. The predicted molar refractivity (Wildman–Crippen MR) is 74.0 cm³/mol. The zero-order valence-corrected chi connectivity index (χ0v) is 11.4. The molecular formula is C15H23NO2. The van der Waals surface area contributed by atoms with E-state index in [1.807, 2.05) is 12.1 Å². The number of phenolic OH excluding ortho intramolecular Hbond substituents is 1. The van der Waals surface area contributed by atoms with Crippen molar-refractivity contribution >= 4 is 5.69 Å². The number of hydrogen-bond donors (Lipinski definition) is 2. The highest BCUT2D eigenvalue weighted by atomic mass is 16.3. The van der Waals surface area contributed by atoms with Crippen LogP contribution < -0.4 is 4.90 Å². The van der Waals surface area contributed by atoms with Crippen LogP contribution in [0.15, 0.2) is 18.2 Å². The first kappa shape index (κ1) is 13.2. The van der Waals surface area contributed by atoms with Gasteiger partial charge in [0.25, 0.3) is 0 Å². The van der Waals surface area contributed by atoms with Crippen LogP contribution in [0.4, 0.5) is 5.69 Å². The number of aliphatic hydroxyl groups excluding tert-OH is 1. The molecule has 18 heavy (non-hydrogen) atoms. The number of nitrogens with zero attached hydrogens (tertiary/aromatic N) is 1. The molecule has 1 saturated heterocycles. The third-order valence-corrected chi connectivity index (χ3v) is 4.02. The fraction of sp³-hybridized carbons (Fsp3) is 0.600. The molecule has 2 N–H and O–H groups in total. The fourth-order valence-electron chi connectivity index (χ4n) is 2.98. The summed E-state index contributed by atoms with van der Waals surface area (Å²) in [5, 5.41) is 19.5. The third-order valence-electron chi connectivity index (χ3n) is 4.02. The minimum Gasteiger partial charge on any atom is -0.507 e. The average molecular weight is 249 g/mol. The normalized spacial score (nSPS) is 25.4. The molecule has 3 heteroatoms. The maximum atomic E-state index is 9.98. The first-order valence-electron chi connectivity index (χ1n) is 6.84. The Hall–Kier alpha value is -1.22. The Morgan fingerprint density at radius 3 is 2.67 bits per heavy atom. The predicted octanol–water partition coefficient (Wildman–Crippen LogP) is 3.21. The minimum atomic E-state index is -0.628. The Labute approximate surface area is 109 Å². The number of phenols is 1. The molecule has 0 amide bonds. The third kappa shape index (κ3) is 2.32. The summed E-state index contributed by atoms with van der Waals surface area (Å²) in [5.74, 6) is 0.191. The molecule has 3 unspecified atom stereocenters. The van der Waals surface area contributed by atoms with Crippen molar-refractivity contribution in [1.82, 2.24) is 0 Å². The van der Waals surface area contributed by atoms with Gasteiger partial charge in [-0.15, -0.1) is 0 Å². The van der Waals surface area contributed by atoms with Crippen molar-refractivity contribution in [2.75, 3.05) is 4.90 Å². The van der Waals surface area contributed by atoms with Crippen LogP contribution >= 0.6 is 0 Å². The highest BCUT2D eigenvalue weighted by molar-refractivity contribution is 5.55. The molecule has 1 aliphatic rings. The van der Waals surface area contributed by atoms with E-state index in [4.69, 9.17) is 0 Å². The van der Waals surface area contributed by atoms with Gasteiger partial charge in [-0.05, 0) is 39.2 Å². The van der Waals surface area contributed by atoms with Crippen molar-refractivity contribution in [2.24, 2.45) is 0 Å².